The van der Waals surface area contributed by atoms with Crippen LogP contribution in [0.2, 0.25) is 0 Å². The number of ketones is 1. The number of hydrogen-bond acceptors (Lipinski definition) is 3. The Kier molecular flexibility index (Phi) is 9.19. The molecule has 1 amide bonds. The van der Waals surface area contributed by atoms with Gasteiger partial charge in [-0.15, -0.1) is 0 Å². The maximum Gasteiger partial charge on any atom is 0.222 e. The van der Waals surface area contributed by atoms with E-state index in [1.807, 2.05) is 18.7 Å². The third-order valence-corrected chi connectivity index (χ3v) is 4.04. The molecule has 1 rings (SSSR count). The minimum absolute atomic E-state index is 0.0843. The SMILES string of the molecule is CC.CC(=O)CCCCCN1CC(C(C)(C)S)CC1=O. The van der Waals surface area contributed by atoms with Gasteiger partial charge in [-0.05, 0) is 25.7 Å². The maximum absolute atomic E-state index is 11.8. The lowest BCUT2D eigenvalue weighted by Crippen LogP contribution is -2.30. The first-order valence-electron chi connectivity index (χ1n) is 7.80. The van der Waals surface area contributed by atoms with Crippen LogP contribution >= 0.6 is 12.6 Å². The molecule has 0 bridgehead atoms. The van der Waals surface area contributed by atoms with Crippen LogP contribution in [-0.4, -0.2) is 34.4 Å². The molecule has 0 aromatic heterocycles. The number of amides is 1. The molecule has 0 aromatic carbocycles. The van der Waals surface area contributed by atoms with Crippen molar-refractivity contribution in [2.24, 2.45) is 5.92 Å². The lowest BCUT2D eigenvalue weighted by molar-refractivity contribution is -0.127. The number of carbonyl (C=O) groups is 2. The first-order chi connectivity index (χ1) is 9.30. The largest absolute Gasteiger partial charge is 0.342 e. The van der Waals surface area contributed by atoms with Gasteiger partial charge in [0.25, 0.3) is 0 Å². The molecule has 0 spiro atoms. The third-order valence-electron chi connectivity index (χ3n) is 3.67. The summed E-state index contributed by atoms with van der Waals surface area (Å²) in [6, 6.07) is 0. The van der Waals surface area contributed by atoms with Gasteiger partial charge in [-0.1, -0.05) is 34.1 Å². The second-order valence-corrected chi connectivity index (χ2v) is 7.06. The third kappa shape index (κ3) is 7.32. The zero-order chi connectivity index (χ0) is 15.8. The lowest BCUT2D eigenvalue weighted by atomic mass is 9.94. The molecule has 1 atom stereocenters. The van der Waals surface area contributed by atoms with Crippen LogP contribution in [0.1, 0.15) is 66.7 Å². The summed E-state index contributed by atoms with van der Waals surface area (Å²) in [5.74, 6) is 0.864. The molecule has 0 radical (unpaired) electrons. The van der Waals surface area contributed by atoms with E-state index in [4.69, 9.17) is 0 Å². The highest BCUT2D eigenvalue weighted by atomic mass is 32.1. The Hall–Kier alpha value is -0.510. The topological polar surface area (TPSA) is 37.4 Å². The van der Waals surface area contributed by atoms with Gasteiger partial charge in [-0.3, -0.25) is 4.79 Å². The van der Waals surface area contributed by atoms with Crippen molar-refractivity contribution in [1.82, 2.24) is 4.90 Å². The molecule has 1 aliphatic heterocycles. The van der Waals surface area contributed by atoms with Gasteiger partial charge in [0, 0.05) is 30.7 Å². The molecule has 3 nitrogen and oxygen atoms in total. The van der Waals surface area contributed by atoms with Gasteiger partial charge in [0.1, 0.15) is 5.78 Å². The van der Waals surface area contributed by atoms with Crippen molar-refractivity contribution in [1.29, 1.82) is 0 Å². The van der Waals surface area contributed by atoms with Crippen LogP contribution in [0.5, 0.6) is 0 Å². The van der Waals surface area contributed by atoms with Crippen LogP contribution < -0.4 is 0 Å². The van der Waals surface area contributed by atoms with Gasteiger partial charge >= 0.3 is 0 Å². The minimum Gasteiger partial charge on any atom is -0.342 e. The van der Waals surface area contributed by atoms with Gasteiger partial charge in [0.15, 0.2) is 0 Å². The summed E-state index contributed by atoms with van der Waals surface area (Å²) in [4.78, 5) is 24.6. The maximum atomic E-state index is 11.8. The zero-order valence-corrected chi connectivity index (χ0v) is 14.6. The molecule has 0 saturated carbocycles. The second kappa shape index (κ2) is 9.43. The van der Waals surface area contributed by atoms with Crippen LogP contribution in [0.25, 0.3) is 0 Å². The van der Waals surface area contributed by atoms with Crippen molar-refractivity contribution in [3.05, 3.63) is 0 Å². The fraction of sp³-hybridized carbons (Fsp3) is 0.875. The molecule has 0 N–H and O–H groups in total. The van der Waals surface area contributed by atoms with E-state index in [1.54, 1.807) is 6.92 Å². The van der Waals surface area contributed by atoms with Gasteiger partial charge in [0.2, 0.25) is 5.91 Å². The van der Waals surface area contributed by atoms with Crippen molar-refractivity contribution in [3.63, 3.8) is 0 Å². The van der Waals surface area contributed by atoms with Gasteiger partial charge in [-0.2, -0.15) is 12.6 Å². The molecule has 1 unspecified atom stereocenters. The summed E-state index contributed by atoms with van der Waals surface area (Å²) < 4.78 is -0.0843. The molecule has 4 heteroatoms. The second-order valence-electron chi connectivity index (χ2n) is 5.91. The Morgan fingerprint density at radius 2 is 1.90 bits per heavy atom. The Bertz CT molecular complexity index is 310. The Morgan fingerprint density at radius 1 is 1.30 bits per heavy atom. The zero-order valence-electron chi connectivity index (χ0n) is 13.7. The average Bonchev–Trinajstić information content (AvgIpc) is 2.73. The highest BCUT2D eigenvalue weighted by Crippen LogP contribution is 2.32. The molecule has 1 heterocycles. The first-order valence-corrected chi connectivity index (χ1v) is 8.25. The smallest absolute Gasteiger partial charge is 0.222 e. The Morgan fingerprint density at radius 3 is 2.35 bits per heavy atom. The van der Waals surface area contributed by atoms with Crippen molar-refractivity contribution in [2.75, 3.05) is 13.1 Å². The van der Waals surface area contributed by atoms with Crippen LogP contribution in [0, 0.1) is 5.92 Å². The summed E-state index contributed by atoms with van der Waals surface area (Å²) >= 11 is 4.56. The van der Waals surface area contributed by atoms with E-state index in [1.165, 1.54) is 0 Å². The summed E-state index contributed by atoms with van der Waals surface area (Å²) in [7, 11) is 0. The van der Waals surface area contributed by atoms with E-state index in [9.17, 15) is 9.59 Å². The fourth-order valence-electron chi connectivity index (χ4n) is 2.31. The van der Waals surface area contributed by atoms with E-state index in [0.29, 0.717) is 18.8 Å². The standard InChI is InChI=1S/C14H25NO2S.C2H6/c1-11(16)7-5-4-6-8-15-10-12(9-13(15)17)14(2,3)18;1-2/h12,18H,4-10H2,1-3H3;1-2H3. The molecular weight excluding hydrogens is 270 g/mol. The molecule has 1 fully saturated rings. The number of likely N-dealkylation sites (tertiary alicyclic amines) is 1. The van der Waals surface area contributed by atoms with E-state index in [2.05, 4.69) is 26.5 Å². The number of unbranched alkanes of at least 4 members (excludes halogenated alkanes) is 2. The fourth-order valence-corrected chi connectivity index (χ4v) is 2.49. The summed E-state index contributed by atoms with van der Waals surface area (Å²) in [6.45, 7) is 11.4. The van der Waals surface area contributed by atoms with Crippen LogP contribution in [0.3, 0.4) is 0 Å². The number of nitrogens with zero attached hydrogens (tertiary/aromatic N) is 1. The molecule has 20 heavy (non-hydrogen) atoms. The van der Waals surface area contributed by atoms with Gasteiger partial charge in [-0.25, -0.2) is 0 Å². The number of Topliss-reactive ketones (excluding diaryl/α,β-unsaturated/α-hetero) is 1. The van der Waals surface area contributed by atoms with Gasteiger partial charge in [0.05, 0.1) is 0 Å². The van der Waals surface area contributed by atoms with Crippen LogP contribution in [0.4, 0.5) is 0 Å². The normalized spacial score (nSPS) is 18.8. The molecular formula is C16H31NO2S. The van der Waals surface area contributed by atoms with Gasteiger partial charge < -0.3 is 9.69 Å². The minimum atomic E-state index is -0.0843. The summed E-state index contributed by atoms with van der Waals surface area (Å²) in [6.07, 6.45) is 4.26. The quantitative estimate of drug-likeness (QED) is 0.575. The van der Waals surface area contributed by atoms with Crippen molar-refractivity contribution in [2.45, 2.75) is 71.5 Å². The number of carbonyl (C=O) groups excluding carboxylic acids is 2. The highest BCUT2D eigenvalue weighted by Gasteiger charge is 2.36. The Labute approximate surface area is 129 Å². The number of thiol groups is 1. The monoisotopic (exact) mass is 301 g/mol. The summed E-state index contributed by atoms with van der Waals surface area (Å²) in [5.41, 5.74) is 0. The van der Waals surface area contributed by atoms with E-state index in [0.717, 1.165) is 32.4 Å². The Balaban J connectivity index is 0.00000172. The molecule has 1 saturated heterocycles. The molecule has 0 aliphatic carbocycles. The molecule has 118 valence electrons. The summed E-state index contributed by atoms with van der Waals surface area (Å²) in [5, 5.41) is 0. The van der Waals surface area contributed by atoms with Crippen molar-refractivity contribution in [3.8, 4) is 0 Å². The molecule has 1 aliphatic rings. The van der Waals surface area contributed by atoms with E-state index >= 15 is 0 Å². The van der Waals surface area contributed by atoms with E-state index in [-0.39, 0.29) is 16.4 Å². The van der Waals surface area contributed by atoms with Crippen LogP contribution in [0.15, 0.2) is 0 Å². The number of hydrogen-bond donors (Lipinski definition) is 1. The van der Waals surface area contributed by atoms with Crippen molar-refractivity contribution >= 4 is 24.3 Å². The predicted molar refractivity (Wildman–Crippen MR) is 88.2 cm³/mol. The van der Waals surface area contributed by atoms with Crippen molar-refractivity contribution < 1.29 is 9.59 Å². The first kappa shape index (κ1) is 19.5. The number of rotatable bonds is 7. The average molecular weight is 301 g/mol. The van der Waals surface area contributed by atoms with Crippen LogP contribution in [-0.2, 0) is 9.59 Å². The predicted octanol–water partition coefficient (Wildman–Crippen LogP) is 3.72. The van der Waals surface area contributed by atoms with E-state index < -0.39 is 0 Å². The molecule has 0 aromatic rings. The lowest BCUT2D eigenvalue weighted by Gasteiger charge is -2.25. The highest BCUT2D eigenvalue weighted by molar-refractivity contribution is 7.81.